The lowest BCUT2D eigenvalue weighted by atomic mass is 9.85. The molecule has 1 saturated heterocycles. The smallest absolute Gasteiger partial charge is 0.337 e. The lowest BCUT2D eigenvalue weighted by molar-refractivity contribution is -0.00608. The predicted octanol–water partition coefficient (Wildman–Crippen LogP) is 7.40. The van der Waals surface area contributed by atoms with Crippen LogP contribution in [0.1, 0.15) is 63.5 Å². The third-order valence-corrected chi connectivity index (χ3v) is 8.36. The van der Waals surface area contributed by atoms with Crippen LogP contribution in [0, 0.1) is 5.92 Å². The number of allylic oxidation sites excluding steroid dienone is 1. The van der Waals surface area contributed by atoms with Gasteiger partial charge in [0.15, 0.2) is 0 Å². The first-order valence-corrected chi connectivity index (χ1v) is 14.1. The van der Waals surface area contributed by atoms with Crippen molar-refractivity contribution in [2.45, 2.75) is 31.8 Å². The van der Waals surface area contributed by atoms with Gasteiger partial charge in [0.25, 0.3) is 0 Å². The minimum atomic E-state index is -0.566. The van der Waals surface area contributed by atoms with Crippen LogP contribution >= 0.6 is 23.2 Å². The summed E-state index contributed by atoms with van der Waals surface area (Å²) in [5.74, 6) is -0.209. The highest BCUT2D eigenvalue weighted by Crippen LogP contribution is 2.43. The van der Waals surface area contributed by atoms with Gasteiger partial charge in [-0.15, -0.1) is 0 Å². The lowest BCUT2D eigenvalue weighted by Crippen LogP contribution is -2.49. The molecule has 1 fully saturated rings. The zero-order chi connectivity index (χ0) is 27.5. The Morgan fingerprint density at radius 2 is 1.79 bits per heavy atom. The highest BCUT2D eigenvalue weighted by molar-refractivity contribution is 6.36. The number of likely N-dealkylation sites (tertiary alicyclic amines) is 1. The van der Waals surface area contributed by atoms with E-state index < -0.39 is 6.10 Å². The van der Waals surface area contributed by atoms with E-state index in [0.29, 0.717) is 22.0 Å². The topological polar surface area (TPSA) is 49.8 Å². The van der Waals surface area contributed by atoms with Crippen LogP contribution in [0.15, 0.2) is 60.7 Å². The molecule has 0 aromatic heterocycles. The summed E-state index contributed by atoms with van der Waals surface area (Å²) >= 11 is 12.9. The number of benzene rings is 3. The zero-order valence-electron chi connectivity index (χ0n) is 21.9. The molecule has 0 radical (unpaired) electrons. The quantitative estimate of drug-likeness (QED) is 0.288. The maximum atomic E-state index is 12.5. The summed E-state index contributed by atoms with van der Waals surface area (Å²) in [6.07, 6.45) is 2.49. The molecule has 0 bridgehead atoms. The Morgan fingerprint density at radius 1 is 1.05 bits per heavy atom. The number of halogens is 3. The molecule has 1 N–H and O–H groups in total. The van der Waals surface area contributed by atoms with Crippen molar-refractivity contribution in [3.8, 4) is 0 Å². The summed E-state index contributed by atoms with van der Waals surface area (Å²) in [4.78, 5) is 14.4. The van der Waals surface area contributed by atoms with Crippen molar-refractivity contribution in [1.82, 2.24) is 4.90 Å². The SMILES string of the molecule is COC(=O)c1ccc2c(c1)CCCC(c1ccc(Cl)cc1Cl)=C2c1ccc(C(O)C2CN(CCCF)C2)cc1. The van der Waals surface area contributed by atoms with E-state index in [1.165, 1.54) is 7.11 Å². The maximum Gasteiger partial charge on any atom is 0.337 e. The Bertz CT molecular complexity index is 1380. The number of rotatable bonds is 8. The number of ether oxygens (including phenoxy) is 1. The summed E-state index contributed by atoms with van der Waals surface area (Å²) in [7, 11) is 1.39. The Labute approximate surface area is 239 Å². The van der Waals surface area contributed by atoms with Gasteiger partial charge in [-0.2, -0.15) is 0 Å². The van der Waals surface area contributed by atoms with E-state index in [9.17, 15) is 14.3 Å². The van der Waals surface area contributed by atoms with Crippen LogP contribution in [0.25, 0.3) is 11.1 Å². The highest BCUT2D eigenvalue weighted by atomic mass is 35.5. The normalized spacial score (nSPS) is 16.8. The van der Waals surface area contributed by atoms with Gasteiger partial charge in [0.1, 0.15) is 0 Å². The minimum Gasteiger partial charge on any atom is -0.465 e. The van der Waals surface area contributed by atoms with Crippen LogP contribution in [0.4, 0.5) is 4.39 Å². The zero-order valence-corrected chi connectivity index (χ0v) is 23.4. The van der Waals surface area contributed by atoms with Crippen molar-refractivity contribution in [1.29, 1.82) is 0 Å². The van der Waals surface area contributed by atoms with Gasteiger partial charge >= 0.3 is 5.97 Å². The number of aryl methyl sites for hydroxylation is 1. The Kier molecular flexibility index (Phi) is 8.73. The first-order chi connectivity index (χ1) is 18.9. The van der Waals surface area contributed by atoms with E-state index >= 15 is 0 Å². The fraction of sp³-hybridized carbons (Fsp3) is 0.344. The van der Waals surface area contributed by atoms with Crippen LogP contribution < -0.4 is 0 Å². The summed E-state index contributed by atoms with van der Waals surface area (Å²) < 4.78 is 17.4. The van der Waals surface area contributed by atoms with E-state index in [-0.39, 0.29) is 18.6 Å². The molecule has 204 valence electrons. The Balaban J connectivity index is 1.53. The van der Waals surface area contributed by atoms with Gasteiger partial charge in [-0.05, 0) is 88.9 Å². The molecule has 3 aromatic carbocycles. The molecular formula is C32H32Cl2FNO3. The monoisotopic (exact) mass is 567 g/mol. The number of alkyl halides is 1. The van der Waals surface area contributed by atoms with Gasteiger partial charge in [-0.1, -0.05) is 59.6 Å². The van der Waals surface area contributed by atoms with Crippen molar-refractivity contribution in [2.75, 3.05) is 33.4 Å². The molecule has 1 atom stereocenters. The summed E-state index contributed by atoms with van der Waals surface area (Å²) in [5.41, 5.74) is 7.67. The molecule has 7 heteroatoms. The van der Waals surface area contributed by atoms with Crippen molar-refractivity contribution in [3.05, 3.63) is 104 Å². The predicted molar refractivity (Wildman–Crippen MR) is 155 cm³/mol. The second-order valence-corrected chi connectivity index (χ2v) is 11.2. The summed E-state index contributed by atoms with van der Waals surface area (Å²) in [6, 6.07) is 19.4. The second kappa shape index (κ2) is 12.2. The second-order valence-electron chi connectivity index (χ2n) is 10.3. The average molecular weight is 569 g/mol. The number of methoxy groups -OCH3 is 1. The maximum absolute atomic E-state index is 12.5. The number of hydrogen-bond acceptors (Lipinski definition) is 4. The van der Waals surface area contributed by atoms with E-state index in [2.05, 4.69) is 17.0 Å². The van der Waals surface area contributed by atoms with Crippen LogP contribution in [-0.2, 0) is 11.2 Å². The van der Waals surface area contributed by atoms with Gasteiger partial charge in [0, 0.05) is 35.6 Å². The Hall–Kier alpha value is -2.70. The number of carbonyl (C=O) groups excluding carboxylic acids is 1. The molecule has 3 aromatic rings. The third-order valence-electron chi connectivity index (χ3n) is 7.81. The van der Waals surface area contributed by atoms with E-state index in [4.69, 9.17) is 27.9 Å². The van der Waals surface area contributed by atoms with Gasteiger partial charge in [0.05, 0.1) is 25.5 Å². The third kappa shape index (κ3) is 5.92. The number of aliphatic hydroxyl groups is 1. The summed E-state index contributed by atoms with van der Waals surface area (Å²) in [5, 5.41) is 12.2. The number of esters is 1. The standard InChI is InChI=1S/C32H32Cl2FNO3/c1-39-32(38)23-10-12-26-22(16-23)4-2-5-28(27-13-11-25(33)17-29(27)34)30(26)20-6-8-21(9-7-20)31(37)24-18-36(19-24)15-3-14-35/h6-13,16-17,24,31,37H,2-5,14-15,18-19H2,1H3. The molecule has 4 nitrogen and oxygen atoms in total. The molecule has 1 aliphatic carbocycles. The van der Waals surface area contributed by atoms with Gasteiger partial charge in [0.2, 0.25) is 0 Å². The molecule has 5 rings (SSSR count). The van der Waals surface area contributed by atoms with Gasteiger partial charge in [-0.3, -0.25) is 4.39 Å². The van der Waals surface area contributed by atoms with Crippen LogP contribution in [0.5, 0.6) is 0 Å². The van der Waals surface area contributed by atoms with Crippen LogP contribution in [0.3, 0.4) is 0 Å². The molecule has 0 spiro atoms. The lowest BCUT2D eigenvalue weighted by Gasteiger charge is -2.41. The first-order valence-electron chi connectivity index (χ1n) is 13.4. The van der Waals surface area contributed by atoms with E-state index in [0.717, 1.165) is 77.9 Å². The summed E-state index contributed by atoms with van der Waals surface area (Å²) in [6.45, 7) is 1.99. The van der Waals surface area contributed by atoms with Crippen LogP contribution in [0.2, 0.25) is 10.0 Å². The fourth-order valence-corrected chi connectivity index (χ4v) is 6.28. The number of hydrogen-bond donors (Lipinski definition) is 1. The van der Waals surface area contributed by atoms with Crippen molar-refractivity contribution >= 4 is 40.3 Å². The molecule has 39 heavy (non-hydrogen) atoms. The molecular weight excluding hydrogens is 536 g/mol. The van der Waals surface area contributed by atoms with Crippen molar-refractivity contribution in [3.63, 3.8) is 0 Å². The minimum absolute atomic E-state index is 0.147. The van der Waals surface area contributed by atoms with Gasteiger partial charge < -0.3 is 14.7 Å². The van der Waals surface area contributed by atoms with Crippen molar-refractivity contribution < 1.29 is 19.0 Å². The first kappa shape index (κ1) is 27.9. The molecule has 1 heterocycles. The van der Waals surface area contributed by atoms with E-state index in [1.54, 1.807) is 12.1 Å². The molecule has 1 unspecified atom stereocenters. The molecule has 0 saturated carbocycles. The Morgan fingerprint density at radius 3 is 2.49 bits per heavy atom. The van der Waals surface area contributed by atoms with Gasteiger partial charge in [-0.25, -0.2) is 4.79 Å². The molecule has 2 aliphatic rings. The fourth-order valence-electron chi connectivity index (χ4n) is 5.76. The van der Waals surface area contributed by atoms with Crippen molar-refractivity contribution in [2.24, 2.45) is 5.92 Å². The number of aliphatic hydroxyl groups excluding tert-OH is 1. The number of fused-ring (bicyclic) bond motifs is 1. The highest BCUT2D eigenvalue weighted by Gasteiger charge is 2.33. The van der Waals surface area contributed by atoms with E-state index in [1.807, 2.05) is 36.4 Å². The number of carbonyl (C=O) groups is 1. The average Bonchev–Trinajstić information content (AvgIpc) is 3.11. The largest absolute Gasteiger partial charge is 0.465 e. The van der Waals surface area contributed by atoms with Crippen LogP contribution in [-0.4, -0.2) is 49.4 Å². The number of nitrogens with zero attached hydrogens (tertiary/aromatic N) is 1. The molecule has 1 aliphatic heterocycles. The molecule has 0 amide bonds.